The van der Waals surface area contributed by atoms with Gasteiger partial charge in [0.1, 0.15) is 5.69 Å². The van der Waals surface area contributed by atoms with Gasteiger partial charge in [-0.1, -0.05) is 29.8 Å². The van der Waals surface area contributed by atoms with Crippen LogP contribution < -0.4 is 5.32 Å². The Hall–Kier alpha value is -2.12. The lowest BCUT2D eigenvalue weighted by Crippen LogP contribution is -2.37. The summed E-state index contributed by atoms with van der Waals surface area (Å²) in [6.45, 7) is 0. The number of benzene rings is 1. The Morgan fingerprint density at radius 3 is 3.00 bits per heavy atom. The van der Waals surface area contributed by atoms with Gasteiger partial charge in [0.2, 0.25) is 0 Å². The van der Waals surface area contributed by atoms with Crippen LogP contribution in [0.1, 0.15) is 29.8 Å². The minimum atomic E-state index is -0.269. The van der Waals surface area contributed by atoms with Crippen LogP contribution in [-0.4, -0.2) is 16.9 Å². The highest BCUT2D eigenvalue weighted by molar-refractivity contribution is 6.35. The molecule has 1 saturated carbocycles. The number of nitrogens with one attached hydrogen (secondary N) is 1. The Kier molecular flexibility index (Phi) is 3.76. The van der Waals surface area contributed by atoms with Gasteiger partial charge in [-0.15, -0.1) is 0 Å². The van der Waals surface area contributed by atoms with Crippen LogP contribution in [0.15, 0.2) is 30.3 Å². The maximum absolute atomic E-state index is 12.3. The SMILES string of the molecule is N#CC1CCCC1NC(=O)c1cc(Cl)c2ccccc2n1. The Morgan fingerprint density at radius 1 is 1.38 bits per heavy atom. The largest absolute Gasteiger partial charge is 0.347 e. The van der Waals surface area contributed by atoms with Crippen molar-refractivity contribution < 1.29 is 4.79 Å². The van der Waals surface area contributed by atoms with Gasteiger partial charge in [-0.05, 0) is 31.4 Å². The smallest absolute Gasteiger partial charge is 0.270 e. The summed E-state index contributed by atoms with van der Waals surface area (Å²) in [5, 5.41) is 13.3. The number of pyridine rings is 1. The van der Waals surface area contributed by atoms with Gasteiger partial charge in [0, 0.05) is 11.4 Å². The highest BCUT2D eigenvalue weighted by atomic mass is 35.5. The summed E-state index contributed by atoms with van der Waals surface area (Å²) in [6, 6.07) is 11.2. The summed E-state index contributed by atoms with van der Waals surface area (Å²) in [5.74, 6) is -0.375. The molecule has 0 bridgehead atoms. The number of amides is 1. The molecule has 1 amide bonds. The average Bonchev–Trinajstić information content (AvgIpc) is 2.94. The minimum absolute atomic E-state index is 0.0884. The first-order valence-electron chi connectivity index (χ1n) is 6.95. The van der Waals surface area contributed by atoms with Crippen molar-refractivity contribution in [2.75, 3.05) is 0 Å². The fourth-order valence-electron chi connectivity index (χ4n) is 2.78. The molecule has 0 saturated heterocycles. The molecule has 1 aromatic heterocycles. The maximum atomic E-state index is 12.3. The molecular weight excluding hydrogens is 286 g/mol. The number of rotatable bonds is 2. The number of nitriles is 1. The second-order valence-electron chi connectivity index (χ2n) is 5.25. The number of halogens is 1. The third kappa shape index (κ3) is 2.70. The molecule has 106 valence electrons. The van der Waals surface area contributed by atoms with Crippen molar-refractivity contribution in [1.82, 2.24) is 10.3 Å². The number of carbonyl (C=O) groups excluding carboxylic acids is 1. The lowest BCUT2D eigenvalue weighted by Gasteiger charge is -2.15. The van der Waals surface area contributed by atoms with E-state index >= 15 is 0 Å². The highest BCUT2D eigenvalue weighted by Crippen LogP contribution is 2.26. The van der Waals surface area contributed by atoms with E-state index in [0.717, 1.165) is 24.6 Å². The van der Waals surface area contributed by atoms with E-state index in [1.807, 2.05) is 24.3 Å². The van der Waals surface area contributed by atoms with E-state index in [1.54, 1.807) is 6.07 Å². The number of carbonyl (C=O) groups is 1. The maximum Gasteiger partial charge on any atom is 0.270 e. The quantitative estimate of drug-likeness (QED) is 0.925. The number of hydrogen-bond donors (Lipinski definition) is 1. The minimum Gasteiger partial charge on any atom is -0.347 e. The standard InChI is InChI=1S/C16H14ClN3O/c17-12-8-15(19-14-6-2-1-5-11(12)14)16(21)20-13-7-3-4-10(13)9-18/h1-2,5-6,8,10,13H,3-4,7H2,(H,20,21). The average molecular weight is 300 g/mol. The number of nitrogens with zero attached hydrogens (tertiary/aromatic N) is 2. The topological polar surface area (TPSA) is 65.8 Å². The molecule has 1 aliphatic carbocycles. The fraction of sp³-hybridized carbons (Fsp3) is 0.312. The molecule has 4 nitrogen and oxygen atoms in total. The second-order valence-corrected chi connectivity index (χ2v) is 5.66. The van der Waals surface area contributed by atoms with Gasteiger partial charge < -0.3 is 5.32 Å². The summed E-state index contributed by atoms with van der Waals surface area (Å²) in [6.07, 6.45) is 2.65. The third-order valence-corrected chi connectivity index (χ3v) is 4.21. The van der Waals surface area contributed by atoms with E-state index < -0.39 is 0 Å². The molecule has 3 rings (SSSR count). The Labute approximate surface area is 127 Å². The molecule has 0 aliphatic heterocycles. The zero-order valence-electron chi connectivity index (χ0n) is 11.3. The van der Waals surface area contributed by atoms with E-state index in [2.05, 4.69) is 16.4 Å². The van der Waals surface area contributed by atoms with Crippen LogP contribution in [0.25, 0.3) is 10.9 Å². The van der Waals surface area contributed by atoms with Crippen molar-refractivity contribution in [2.24, 2.45) is 5.92 Å². The molecule has 0 spiro atoms. The van der Waals surface area contributed by atoms with Crippen LogP contribution in [0.3, 0.4) is 0 Å². The van der Waals surface area contributed by atoms with Gasteiger partial charge in [0.15, 0.2) is 0 Å². The first-order chi connectivity index (χ1) is 10.2. The zero-order chi connectivity index (χ0) is 14.8. The summed E-state index contributed by atoms with van der Waals surface area (Å²) in [7, 11) is 0. The van der Waals surface area contributed by atoms with Crippen LogP contribution in [0.5, 0.6) is 0 Å². The summed E-state index contributed by atoms with van der Waals surface area (Å²) in [4.78, 5) is 16.7. The molecule has 1 heterocycles. The van der Waals surface area contributed by atoms with E-state index in [1.165, 1.54) is 0 Å². The van der Waals surface area contributed by atoms with E-state index in [4.69, 9.17) is 16.9 Å². The van der Waals surface area contributed by atoms with Gasteiger partial charge >= 0.3 is 0 Å². The molecule has 1 N–H and O–H groups in total. The monoisotopic (exact) mass is 299 g/mol. The van der Waals surface area contributed by atoms with E-state index in [0.29, 0.717) is 16.2 Å². The van der Waals surface area contributed by atoms with Crippen LogP contribution in [-0.2, 0) is 0 Å². The van der Waals surface area contributed by atoms with Gasteiger partial charge in [-0.25, -0.2) is 4.98 Å². The predicted octanol–water partition coefficient (Wildman–Crippen LogP) is 3.31. The Balaban J connectivity index is 1.87. The molecule has 0 radical (unpaired) electrons. The molecular formula is C16H14ClN3O. The van der Waals surface area contributed by atoms with E-state index in [-0.39, 0.29) is 17.9 Å². The molecule has 2 atom stereocenters. The lowest BCUT2D eigenvalue weighted by molar-refractivity contribution is 0.0928. The van der Waals surface area contributed by atoms with Crippen molar-refractivity contribution in [1.29, 1.82) is 5.26 Å². The van der Waals surface area contributed by atoms with Crippen LogP contribution in [0, 0.1) is 17.2 Å². The van der Waals surface area contributed by atoms with E-state index in [9.17, 15) is 4.79 Å². The molecule has 2 unspecified atom stereocenters. The van der Waals surface area contributed by atoms with Crippen molar-refractivity contribution in [3.05, 3.63) is 41.0 Å². The van der Waals surface area contributed by atoms with Crippen molar-refractivity contribution in [3.63, 3.8) is 0 Å². The van der Waals surface area contributed by atoms with Gasteiger partial charge in [0.05, 0.1) is 22.5 Å². The molecule has 1 aromatic carbocycles. The Bertz CT molecular complexity index is 738. The van der Waals surface area contributed by atoms with Crippen molar-refractivity contribution in [2.45, 2.75) is 25.3 Å². The summed E-state index contributed by atoms with van der Waals surface area (Å²) >= 11 is 6.21. The number of hydrogen-bond acceptors (Lipinski definition) is 3. The molecule has 1 fully saturated rings. The molecule has 1 aliphatic rings. The van der Waals surface area contributed by atoms with Gasteiger partial charge in [-0.3, -0.25) is 4.79 Å². The van der Waals surface area contributed by atoms with Crippen LogP contribution in [0.4, 0.5) is 0 Å². The zero-order valence-corrected chi connectivity index (χ0v) is 12.1. The van der Waals surface area contributed by atoms with Gasteiger partial charge in [0.25, 0.3) is 5.91 Å². The predicted molar refractivity (Wildman–Crippen MR) is 81.0 cm³/mol. The number of fused-ring (bicyclic) bond motifs is 1. The normalized spacial score (nSPS) is 21.1. The number of para-hydroxylation sites is 1. The number of aromatic nitrogens is 1. The second kappa shape index (κ2) is 5.71. The molecule has 2 aromatic rings. The van der Waals surface area contributed by atoms with Crippen molar-refractivity contribution in [3.8, 4) is 6.07 Å². The van der Waals surface area contributed by atoms with Crippen LogP contribution >= 0.6 is 11.6 Å². The summed E-state index contributed by atoms with van der Waals surface area (Å²) < 4.78 is 0. The fourth-order valence-corrected chi connectivity index (χ4v) is 3.04. The first kappa shape index (κ1) is 13.8. The Morgan fingerprint density at radius 2 is 2.19 bits per heavy atom. The molecule has 5 heteroatoms. The molecule has 21 heavy (non-hydrogen) atoms. The van der Waals surface area contributed by atoms with Crippen molar-refractivity contribution >= 4 is 28.4 Å². The van der Waals surface area contributed by atoms with Gasteiger partial charge in [-0.2, -0.15) is 5.26 Å². The lowest BCUT2D eigenvalue weighted by atomic mass is 10.1. The highest BCUT2D eigenvalue weighted by Gasteiger charge is 2.29. The van der Waals surface area contributed by atoms with Crippen LogP contribution in [0.2, 0.25) is 5.02 Å². The summed E-state index contributed by atoms with van der Waals surface area (Å²) in [5.41, 5.74) is 0.987. The third-order valence-electron chi connectivity index (χ3n) is 3.90. The first-order valence-corrected chi connectivity index (χ1v) is 7.32.